The lowest BCUT2D eigenvalue weighted by atomic mass is 10.00. The number of sulfone groups is 1. The molecule has 0 spiro atoms. The molecule has 1 aliphatic heterocycles. The molecule has 1 saturated heterocycles. The maximum atomic E-state index is 11.4. The second kappa shape index (κ2) is 5.42. The smallest absolute Gasteiger partial charge is 0.150 e. The summed E-state index contributed by atoms with van der Waals surface area (Å²) in [4.78, 5) is 4.50. The normalized spacial score (nSPS) is 23.1. The van der Waals surface area contributed by atoms with Crippen molar-refractivity contribution < 1.29 is 13.5 Å². The van der Waals surface area contributed by atoms with Crippen molar-refractivity contribution in [3.05, 3.63) is 29.3 Å². The second-order valence-corrected chi connectivity index (χ2v) is 8.78. The van der Waals surface area contributed by atoms with E-state index in [0.717, 1.165) is 15.2 Å². The summed E-state index contributed by atoms with van der Waals surface area (Å²) >= 11 is 1.59. The zero-order valence-electron chi connectivity index (χ0n) is 11.0. The molecule has 0 radical (unpaired) electrons. The van der Waals surface area contributed by atoms with Crippen molar-refractivity contribution in [2.75, 3.05) is 11.5 Å². The number of benzene rings is 1. The van der Waals surface area contributed by atoms with Gasteiger partial charge in [0.15, 0.2) is 9.84 Å². The Kier molecular flexibility index (Phi) is 3.79. The highest BCUT2D eigenvalue weighted by Gasteiger charge is 2.29. The number of aromatic nitrogens is 1. The van der Waals surface area contributed by atoms with Crippen molar-refractivity contribution in [1.82, 2.24) is 4.98 Å². The maximum Gasteiger partial charge on any atom is 0.150 e. The van der Waals surface area contributed by atoms with Gasteiger partial charge in [0, 0.05) is 6.42 Å². The Hall–Kier alpha value is -0.980. The van der Waals surface area contributed by atoms with Gasteiger partial charge in [0.1, 0.15) is 0 Å². The summed E-state index contributed by atoms with van der Waals surface area (Å²) in [7, 11) is -2.86. The maximum absolute atomic E-state index is 11.4. The number of thiazole rings is 1. The number of hydrogen-bond acceptors (Lipinski definition) is 5. The van der Waals surface area contributed by atoms with Crippen molar-refractivity contribution in [3.8, 4) is 0 Å². The molecule has 0 saturated carbocycles. The molecule has 0 aliphatic carbocycles. The fraction of sp³-hybridized carbons (Fsp3) is 0.500. The predicted octanol–water partition coefficient (Wildman–Crippen LogP) is 2.02. The van der Waals surface area contributed by atoms with Gasteiger partial charge >= 0.3 is 0 Å². The van der Waals surface area contributed by atoms with Crippen LogP contribution < -0.4 is 0 Å². The Balaban J connectivity index is 1.62. The van der Waals surface area contributed by atoms with Gasteiger partial charge in [-0.05, 0) is 30.9 Å². The summed E-state index contributed by atoms with van der Waals surface area (Å²) < 4.78 is 23.9. The molecular formula is C14H17NO3S2. The average Bonchev–Trinajstić information content (AvgIpc) is 2.91. The van der Waals surface area contributed by atoms with Crippen LogP contribution in [0.3, 0.4) is 0 Å². The third-order valence-electron chi connectivity index (χ3n) is 3.68. The first kappa shape index (κ1) is 14.0. The molecule has 2 heterocycles. The third kappa shape index (κ3) is 3.19. The van der Waals surface area contributed by atoms with Crippen LogP contribution >= 0.6 is 11.3 Å². The lowest BCUT2D eigenvalue weighted by molar-refractivity contribution is 0.147. The van der Waals surface area contributed by atoms with Crippen LogP contribution in [0, 0.1) is 5.92 Å². The number of aliphatic hydroxyl groups excluding tert-OH is 1. The van der Waals surface area contributed by atoms with E-state index in [1.165, 1.54) is 0 Å². The molecule has 2 aromatic rings. The minimum Gasteiger partial charge on any atom is -0.393 e. The lowest BCUT2D eigenvalue weighted by Gasteiger charge is -2.12. The summed E-state index contributed by atoms with van der Waals surface area (Å²) in [5.41, 5.74) is 0.961. The van der Waals surface area contributed by atoms with Gasteiger partial charge in [-0.15, -0.1) is 11.3 Å². The van der Waals surface area contributed by atoms with Gasteiger partial charge in [-0.3, -0.25) is 0 Å². The molecule has 1 aliphatic rings. The summed E-state index contributed by atoms with van der Waals surface area (Å²) in [5.74, 6) is 0.597. The van der Waals surface area contributed by atoms with E-state index in [1.807, 2.05) is 24.3 Å². The predicted molar refractivity (Wildman–Crippen MR) is 80.7 cm³/mol. The molecule has 108 valence electrons. The van der Waals surface area contributed by atoms with Crippen molar-refractivity contribution >= 4 is 31.4 Å². The molecular weight excluding hydrogens is 294 g/mol. The van der Waals surface area contributed by atoms with Crippen molar-refractivity contribution in [2.24, 2.45) is 5.92 Å². The summed E-state index contributed by atoms with van der Waals surface area (Å²) in [6, 6.07) is 7.91. The SMILES string of the molecule is O=S1(=O)CCC(CC(O)Cc2nc3ccccc3s2)C1. The van der Waals surface area contributed by atoms with Crippen LogP contribution in [0.5, 0.6) is 0 Å². The molecule has 0 bridgehead atoms. The van der Waals surface area contributed by atoms with Gasteiger partial charge in [-0.1, -0.05) is 12.1 Å². The van der Waals surface area contributed by atoms with E-state index in [4.69, 9.17) is 0 Å². The van der Waals surface area contributed by atoms with Crippen LogP contribution in [-0.4, -0.2) is 36.1 Å². The van der Waals surface area contributed by atoms with E-state index in [-0.39, 0.29) is 17.4 Å². The van der Waals surface area contributed by atoms with E-state index in [9.17, 15) is 13.5 Å². The second-order valence-electron chi connectivity index (χ2n) is 5.44. The summed E-state index contributed by atoms with van der Waals surface area (Å²) in [5, 5.41) is 11.0. The van der Waals surface area contributed by atoms with Crippen LogP contribution in [0.15, 0.2) is 24.3 Å². The Bertz CT molecular complexity index is 675. The minimum absolute atomic E-state index is 0.101. The average molecular weight is 311 g/mol. The first-order valence-corrected chi connectivity index (χ1v) is 9.38. The van der Waals surface area contributed by atoms with Gasteiger partial charge in [-0.25, -0.2) is 13.4 Å². The monoisotopic (exact) mass is 311 g/mol. The largest absolute Gasteiger partial charge is 0.393 e. The molecule has 2 unspecified atom stereocenters. The van der Waals surface area contributed by atoms with Crippen LogP contribution in [0.1, 0.15) is 17.8 Å². The van der Waals surface area contributed by atoms with Gasteiger partial charge in [0.2, 0.25) is 0 Å². The Morgan fingerprint density at radius 2 is 2.20 bits per heavy atom. The van der Waals surface area contributed by atoms with Crippen molar-refractivity contribution in [2.45, 2.75) is 25.4 Å². The zero-order chi connectivity index (χ0) is 14.2. The van der Waals surface area contributed by atoms with E-state index >= 15 is 0 Å². The van der Waals surface area contributed by atoms with Crippen LogP contribution in [0.4, 0.5) is 0 Å². The van der Waals surface area contributed by atoms with Gasteiger partial charge < -0.3 is 5.11 Å². The number of fused-ring (bicyclic) bond motifs is 1. The van der Waals surface area contributed by atoms with Crippen molar-refractivity contribution in [3.63, 3.8) is 0 Å². The first-order chi connectivity index (χ1) is 9.52. The van der Waals surface area contributed by atoms with Gasteiger partial charge in [0.05, 0.1) is 32.8 Å². The number of rotatable bonds is 4. The number of aliphatic hydroxyl groups is 1. The minimum atomic E-state index is -2.86. The highest BCUT2D eigenvalue weighted by atomic mass is 32.2. The molecule has 1 aromatic heterocycles. The Labute approximate surface area is 122 Å². The van der Waals surface area contributed by atoms with E-state index in [1.54, 1.807) is 11.3 Å². The Morgan fingerprint density at radius 1 is 1.40 bits per heavy atom. The molecule has 2 atom stereocenters. The van der Waals surface area contributed by atoms with Gasteiger partial charge in [0.25, 0.3) is 0 Å². The number of nitrogens with zero attached hydrogens (tertiary/aromatic N) is 1. The van der Waals surface area contributed by atoms with Crippen LogP contribution in [0.2, 0.25) is 0 Å². The first-order valence-electron chi connectivity index (χ1n) is 6.75. The highest BCUT2D eigenvalue weighted by Crippen LogP contribution is 2.26. The molecule has 6 heteroatoms. The van der Waals surface area contributed by atoms with E-state index < -0.39 is 15.9 Å². The zero-order valence-corrected chi connectivity index (χ0v) is 12.7. The quantitative estimate of drug-likeness (QED) is 0.938. The molecule has 20 heavy (non-hydrogen) atoms. The third-order valence-corrected chi connectivity index (χ3v) is 6.58. The number of para-hydroxylation sites is 1. The topological polar surface area (TPSA) is 67.3 Å². The molecule has 1 N–H and O–H groups in total. The molecule has 0 amide bonds. The molecule has 1 aromatic carbocycles. The summed E-state index contributed by atoms with van der Waals surface area (Å²) in [6.07, 6.45) is 1.23. The molecule has 3 rings (SSSR count). The molecule has 4 nitrogen and oxygen atoms in total. The standard InChI is InChI=1S/C14H17NO3S2/c16-11(7-10-5-6-20(17,18)9-10)8-14-15-12-3-1-2-4-13(12)19-14/h1-4,10-11,16H,5-9H2. The van der Waals surface area contributed by atoms with Gasteiger partial charge in [-0.2, -0.15) is 0 Å². The van der Waals surface area contributed by atoms with Crippen LogP contribution in [0.25, 0.3) is 10.2 Å². The van der Waals surface area contributed by atoms with E-state index in [0.29, 0.717) is 19.3 Å². The highest BCUT2D eigenvalue weighted by molar-refractivity contribution is 7.91. The van der Waals surface area contributed by atoms with Crippen molar-refractivity contribution in [1.29, 1.82) is 0 Å². The fourth-order valence-corrected chi connectivity index (χ4v) is 5.65. The lowest BCUT2D eigenvalue weighted by Crippen LogP contribution is -2.17. The summed E-state index contributed by atoms with van der Waals surface area (Å²) in [6.45, 7) is 0. The fourth-order valence-electron chi connectivity index (χ4n) is 2.73. The molecule has 1 fully saturated rings. The van der Waals surface area contributed by atoms with Crippen LogP contribution in [-0.2, 0) is 16.3 Å². The Morgan fingerprint density at radius 3 is 2.90 bits per heavy atom. The number of hydrogen-bond donors (Lipinski definition) is 1. The van der Waals surface area contributed by atoms with E-state index in [2.05, 4.69) is 4.98 Å².